The first-order chi connectivity index (χ1) is 11.9. The van der Waals surface area contributed by atoms with E-state index in [1.807, 2.05) is 0 Å². The summed E-state index contributed by atoms with van der Waals surface area (Å²) in [6.45, 7) is -0.499. The summed E-state index contributed by atoms with van der Waals surface area (Å²) in [5.41, 5.74) is 0.412. The molecule has 2 heterocycles. The Balaban J connectivity index is 1.92. The van der Waals surface area contributed by atoms with E-state index in [1.165, 1.54) is 0 Å². The third-order valence-electron chi connectivity index (χ3n) is 4.18. The van der Waals surface area contributed by atoms with Gasteiger partial charge in [-0.15, -0.1) is 0 Å². The van der Waals surface area contributed by atoms with E-state index in [4.69, 9.17) is 9.84 Å². The molecule has 6 N–H and O–H groups in total. The molecule has 0 aliphatic carbocycles. The van der Waals surface area contributed by atoms with E-state index in [1.54, 1.807) is 24.4 Å². The predicted octanol–water partition coefficient (Wildman–Crippen LogP) is -0.313. The maximum Gasteiger partial charge on any atom is 0.307 e. The Labute approximate surface area is 147 Å². The van der Waals surface area contributed by atoms with Gasteiger partial charge in [-0.1, -0.05) is 17.8 Å². The number of aliphatic hydroxyl groups is 4. The largest absolute Gasteiger partial charge is 0.481 e. The lowest BCUT2D eigenvalue weighted by molar-refractivity contribution is -0.205. The number of rotatable bonds is 5. The molecule has 0 unspecified atom stereocenters. The number of fused-ring (bicyclic) bond motifs is 1. The Morgan fingerprint density at radius 2 is 1.96 bits per heavy atom. The number of aromatic amines is 1. The predicted molar refractivity (Wildman–Crippen MR) is 89.3 cm³/mol. The molecular weight excluding hydrogens is 350 g/mol. The number of thioether (sulfide) groups is 1. The summed E-state index contributed by atoms with van der Waals surface area (Å²) in [5, 5.41) is 49.0. The van der Waals surface area contributed by atoms with Gasteiger partial charge >= 0.3 is 5.97 Å². The van der Waals surface area contributed by atoms with Gasteiger partial charge in [0.25, 0.3) is 0 Å². The molecule has 0 radical (unpaired) electrons. The number of ether oxygens (including phenoxy) is 1. The van der Waals surface area contributed by atoms with Crippen molar-refractivity contribution in [2.45, 2.75) is 41.2 Å². The molecule has 2 aromatic rings. The van der Waals surface area contributed by atoms with E-state index in [2.05, 4.69) is 4.98 Å². The fraction of sp³-hybridized carbons (Fsp3) is 0.438. The molecule has 0 spiro atoms. The van der Waals surface area contributed by atoms with Gasteiger partial charge in [-0.05, 0) is 17.7 Å². The first-order valence-corrected chi connectivity index (χ1v) is 8.58. The highest BCUT2D eigenvalue weighted by molar-refractivity contribution is 8.00. The van der Waals surface area contributed by atoms with Crippen molar-refractivity contribution in [3.63, 3.8) is 0 Å². The standard InChI is InChI=1S/C16H19NO7S/c18-6-9-13(21)14(22)15(23)16(24-9)25-10-3-1-2-8-12(10)7(5-17-8)4-11(19)20/h1-3,5,9,13-18,21-23H,4,6H2,(H,19,20)/t9-,13-,14+,15-,16+/m1/s1. The molecule has 8 nitrogen and oxygen atoms in total. The van der Waals surface area contributed by atoms with Crippen molar-refractivity contribution in [2.75, 3.05) is 6.61 Å². The van der Waals surface area contributed by atoms with E-state index < -0.39 is 42.4 Å². The summed E-state index contributed by atoms with van der Waals surface area (Å²) in [4.78, 5) is 14.7. The average Bonchev–Trinajstić information content (AvgIpc) is 2.98. The van der Waals surface area contributed by atoms with Crippen LogP contribution < -0.4 is 0 Å². The zero-order valence-corrected chi connectivity index (χ0v) is 13.9. The van der Waals surface area contributed by atoms with E-state index in [-0.39, 0.29) is 6.42 Å². The van der Waals surface area contributed by atoms with Gasteiger partial charge in [-0.3, -0.25) is 4.79 Å². The Hall–Kier alpha value is -1.62. The summed E-state index contributed by atoms with van der Waals surface area (Å²) in [6.07, 6.45) is -3.75. The van der Waals surface area contributed by atoms with Gasteiger partial charge in [0.05, 0.1) is 13.0 Å². The van der Waals surface area contributed by atoms with E-state index in [0.29, 0.717) is 15.8 Å². The number of hydrogen-bond donors (Lipinski definition) is 6. The zero-order valence-electron chi connectivity index (χ0n) is 13.1. The van der Waals surface area contributed by atoms with Crippen molar-refractivity contribution in [1.29, 1.82) is 0 Å². The Kier molecular flexibility index (Phi) is 5.32. The SMILES string of the molecule is O=C(O)Cc1c[nH]c2cccc(S[C@@H]3O[C@H](CO)[C@@H](O)[C@H](O)[C@H]3O)c12. The minimum absolute atomic E-state index is 0.160. The summed E-state index contributed by atoms with van der Waals surface area (Å²) in [7, 11) is 0. The van der Waals surface area contributed by atoms with Crippen LogP contribution in [0.15, 0.2) is 29.3 Å². The fourth-order valence-electron chi connectivity index (χ4n) is 2.91. The monoisotopic (exact) mass is 369 g/mol. The molecule has 9 heteroatoms. The lowest BCUT2D eigenvalue weighted by Crippen LogP contribution is -2.57. The van der Waals surface area contributed by atoms with Crippen LogP contribution in [-0.2, 0) is 16.0 Å². The second-order valence-electron chi connectivity index (χ2n) is 5.88. The van der Waals surface area contributed by atoms with Crippen molar-refractivity contribution in [3.05, 3.63) is 30.0 Å². The molecule has 0 bridgehead atoms. The van der Waals surface area contributed by atoms with Gasteiger partial charge in [-0.25, -0.2) is 0 Å². The number of carbonyl (C=O) groups is 1. The molecule has 0 amide bonds. The van der Waals surface area contributed by atoms with Gasteiger partial charge in [0.15, 0.2) is 0 Å². The number of hydrogen-bond acceptors (Lipinski definition) is 7. The van der Waals surface area contributed by atoms with Gasteiger partial charge in [0, 0.05) is 22.0 Å². The van der Waals surface area contributed by atoms with Crippen LogP contribution in [0.2, 0.25) is 0 Å². The zero-order chi connectivity index (χ0) is 18.1. The minimum atomic E-state index is -1.45. The first kappa shape index (κ1) is 18.2. The molecule has 0 saturated carbocycles. The van der Waals surface area contributed by atoms with E-state index in [0.717, 1.165) is 17.3 Å². The van der Waals surface area contributed by atoms with E-state index >= 15 is 0 Å². The first-order valence-electron chi connectivity index (χ1n) is 7.70. The van der Waals surface area contributed by atoms with Gasteiger partial charge in [0.1, 0.15) is 29.9 Å². The van der Waals surface area contributed by atoms with Crippen molar-refractivity contribution in [1.82, 2.24) is 4.98 Å². The number of aliphatic hydroxyl groups excluding tert-OH is 4. The molecule has 1 aliphatic rings. The summed E-state index contributed by atoms with van der Waals surface area (Å²) in [5.74, 6) is -0.964. The summed E-state index contributed by atoms with van der Waals surface area (Å²) < 4.78 is 5.51. The third-order valence-corrected chi connectivity index (χ3v) is 5.40. The normalized spacial score (nSPS) is 29.8. The number of carboxylic acid groups (broad SMARTS) is 1. The number of H-pyrrole nitrogens is 1. The Morgan fingerprint density at radius 1 is 1.20 bits per heavy atom. The lowest BCUT2D eigenvalue weighted by Gasteiger charge is -2.39. The molecule has 1 aliphatic heterocycles. The van der Waals surface area contributed by atoms with Crippen LogP contribution in [0.1, 0.15) is 5.56 Å². The fourth-order valence-corrected chi connectivity index (χ4v) is 4.18. The second-order valence-corrected chi connectivity index (χ2v) is 7.02. The number of nitrogens with one attached hydrogen (secondary N) is 1. The van der Waals surface area contributed by atoms with E-state index in [9.17, 15) is 25.2 Å². The van der Waals surface area contributed by atoms with Gasteiger partial charge in [0.2, 0.25) is 0 Å². The molecule has 136 valence electrons. The molecule has 1 aromatic carbocycles. The third kappa shape index (κ3) is 3.52. The van der Waals surface area contributed by atoms with Gasteiger partial charge < -0.3 is 35.3 Å². The van der Waals surface area contributed by atoms with Crippen LogP contribution in [0.3, 0.4) is 0 Å². The molecule has 1 aromatic heterocycles. The number of benzene rings is 1. The number of carboxylic acids is 1. The Bertz CT molecular complexity index is 762. The van der Waals surface area contributed by atoms with Crippen LogP contribution in [0.25, 0.3) is 10.9 Å². The average molecular weight is 369 g/mol. The van der Waals surface area contributed by atoms with Crippen molar-refractivity contribution in [2.24, 2.45) is 0 Å². The number of aliphatic carboxylic acids is 1. The molecule has 3 rings (SSSR count). The van der Waals surface area contributed by atoms with Crippen LogP contribution in [-0.4, -0.2) is 72.9 Å². The van der Waals surface area contributed by atoms with Crippen molar-refractivity contribution >= 4 is 28.6 Å². The lowest BCUT2D eigenvalue weighted by atomic mass is 10.0. The quantitative estimate of drug-likeness (QED) is 0.421. The van der Waals surface area contributed by atoms with Crippen molar-refractivity contribution in [3.8, 4) is 0 Å². The summed E-state index contributed by atoms with van der Waals surface area (Å²) >= 11 is 1.11. The molecule has 1 fully saturated rings. The van der Waals surface area contributed by atoms with Crippen LogP contribution >= 0.6 is 11.8 Å². The molecule has 25 heavy (non-hydrogen) atoms. The maximum atomic E-state index is 11.1. The van der Waals surface area contributed by atoms with Gasteiger partial charge in [-0.2, -0.15) is 0 Å². The topological polar surface area (TPSA) is 143 Å². The highest BCUT2D eigenvalue weighted by atomic mass is 32.2. The molecular formula is C16H19NO7S. The van der Waals surface area contributed by atoms with Crippen molar-refractivity contribution < 1.29 is 35.1 Å². The molecule has 5 atom stereocenters. The molecule has 1 saturated heterocycles. The smallest absolute Gasteiger partial charge is 0.307 e. The van der Waals surface area contributed by atoms with Crippen LogP contribution in [0, 0.1) is 0 Å². The highest BCUT2D eigenvalue weighted by Gasteiger charge is 2.43. The number of aromatic nitrogens is 1. The van der Waals surface area contributed by atoms with Crippen LogP contribution in [0.4, 0.5) is 0 Å². The highest BCUT2D eigenvalue weighted by Crippen LogP contribution is 2.38. The maximum absolute atomic E-state index is 11.1. The minimum Gasteiger partial charge on any atom is -0.481 e. The second kappa shape index (κ2) is 7.32. The Morgan fingerprint density at radius 3 is 2.64 bits per heavy atom. The van der Waals surface area contributed by atoms with Crippen LogP contribution in [0.5, 0.6) is 0 Å². The summed E-state index contributed by atoms with van der Waals surface area (Å²) in [6, 6.07) is 5.33.